The topological polar surface area (TPSA) is 58.4 Å². The highest BCUT2D eigenvalue weighted by Gasteiger charge is 2.20. The van der Waals surface area contributed by atoms with Gasteiger partial charge < -0.3 is 16.0 Å². The number of carbonyl (C=O) groups is 1. The number of nitrogens with two attached hydrogens (primary N) is 1. The van der Waals surface area contributed by atoms with Gasteiger partial charge in [0.25, 0.3) is 0 Å². The quantitative estimate of drug-likeness (QED) is 0.807. The summed E-state index contributed by atoms with van der Waals surface area (Å²) in [4.78, 5) is 14.1. The van der Waals surface area contributed by atoms with Gasteiger partial charge >= 0.3 is 0 Å². The van der Waals surface area contributed by atoms with Crippen molar-refractivity contribution in [2.24, 2.45) is 11.7 Å². The fraction of sp³-hybridized carbons (Fsp3) is 0.588. The molecule has 1 aromatic rings. The highest BCUT2D eigenvalue weighted by molar-refractivity contribution is 5.81. The Morgan fingerprint density at radius 1 is 1.24 bits per heavy atom. The van der Waals surface area contributed by atoms with Crippen molar-refractivity contribution in [1.29, 1.82) is 0 Å². The number of hydrogen-bond donors (Lipinski definition) is 2. The Hall–Kier alpha value is -1.39. The predicted octanol–water partition coefficient (Wildman–Crippen LogP) is 1.95. The summed E-state index contributed by atoms with van der Waals surface area (Å²) in [6.45, 7) is 6.62. The second-order valence-electron chi connectivity index (χ2n) is 6.09. The second kappa shape index (κ2) is 8.15. The van der Waals surface area contributed by atoms with Crippen LogP contribution in [0.3, 0.4) is 0 Å². The van der Waals surface area contributed by atoms with Crippen LogP contribution < -0.4 is 11.1 Å². The molecule has 0 saturated carbocycles. The van der Waals surface area contributed by atoms with Crippen molar-refractivity contribution >= 4 is 5.91 Å². The lowest BCUT2D eigenvalue weighted by atomic mass is 10.0. The van der Waals surface area contributed by atoms with Gasteiger partial charge in [0.1, 0.15) is 0 Å². The fourth-order valence-electron chi connectivity index (χ4n) is 2.19. The van der Waals surface area contributed by atoms with E-state index < -0.39 is 6.04 Å². The maximum absolute atomic E-state index is 12.0. The molecule has 0 heterocycles. The molecule has 0 fully saturated rings. The summed E-state index contributed by atoms with van der Waals surface area (Å²) >= 11 is 0. The molecule has 1 unspecified atom stereocenters. The molecule has 0 spiro atoms. The summed E-state index contributed by atoms with van der Waals surface area (Å²) in [5.41, 5.74) is 8.40. The minimum atomic E-state index is -0.449. The number of nitrogens with one attached hydrogen (secondary N) is 1. The Bertz CT molecular complexity index is 440. The largest absolute Gasteiger partial charge is 0.353 e. The standard InChI is InChI=1S/C17H29N3O/c1-6-13-7-9-14(10-8-13)15(20(4)5)11-19-17(21)16(18)12(2)3/h7-10,12,15-16H,6,11,18H2,1-5H3,(H,19,21)/t15?,16-/m0/s1. The molecule has 1 amide bonds. The highest BCUT2D eigenvalue weighted by atomic mass is 16.2. The Balaban J connectivity index is 2.72. The van der Waals surface area contributed by atoms with Crippen LogP contribution >= 0.6 is 0 Å². The van der Waals surface area contributed by atoms with Crippen LogP contribution in [0, 0.1) is 5.92 Å². The minimum absolute atomic E-state index is 0.0815. The van der Waals surface area contributed by atoms with Crippen LogP contribution in [0.25, 0.3) is 0 Å². The number of amides is 1. The molecule has 0 aromatic heterocycles. The maximum atomic E-state index is 12.0. The Morgan fingerprint density at radius 3 is 2.24 bits per heavy atom. The first-order valence-corrected chi connectivity index (χ1v) is 7.65. The SMILES string of the molecule is CCc1ccc(C(CNC(=O)[C@@H](N)C(C)C)N(C)C)cc1. The molecule has 0 aliphatic heterocycles. The predicted molar refractivity (Wildman–Crippen MR) is 88.1 cm³/mol. The van der Waals surface area contributed by atoms with Crippen molar-refractivity contribution in [3.63, 3.8) is 0 Å². The van der Waals surface area contributed by atoms with Crippen LogP contribution in [0.4, 0.5) is 0 Å². The summed E-state index contributed by atoms with van der Waals surface area (Å²) < 4.78 is 0. The van der Waals surface area contributed by atoms with E-state index in [-0.39, 0.29) is 17.9 Å². The number of aryl methyl sites for hydroxylation is 1. The van der Waals surface area contributed by atoms with Crippen LogP contribution in [-0.2, 0) is 11.2 Å². The number of hydrogen-bond acceptors (Lipinski definition) is 3. The third kappa shape index (κ3) is 5.14. The van der Waals surface area contributed by atoms with Crippen LogP contribution in [0.2, 0.25) is 0 Å². The zero-order chi connectivity index (χ0) is 16.0. The van der Waals surface area contributed by atoms with E-state index >= 15 is 0 Å². The monoisotopic (exact) mass is 291 g/mol. The molecule has 0 radical (unpaired) electrons. The number of carbonyl (C=O) groups excluding carboxylic acids is 1. The van der Waals surface area contributed by atoms with Gasteiger partial charge in [0.2, 0.25) is 5.91 Å². The molecule has 21 heavy (non-hydrogen) atoms. The Labute approximate surface area is 128 Å². The average molecular weight is 291 g/mol. The summed E-state index contributed by atoms with van der Waals surface area (Å²) in [7, 11) is 4.04. The van der Waals surface area contributed by atoms with Gasteiger partial charge in [-0.15, -0.1) is 0 Å². The van der Waals surface area contributed by atoms with Crippen molar-refractivity contribution in [2.45, 2.75) is 39.3 Å². The third-order valence-corrected chi connectivity index (χ3v) is 3.89. The average Bonchev–Trinajstić information content (AvgIpc) is 2.46. The van der Waals surface area contributed by atoms with Crippen LogP contribution in [0.15, 0.2) is 24.3 Å². The number of rotatable bonds is 7. The van der Waals surface area contributed by atoms with Gasteiger partial charge in [0.05, 0.1) is 12.1 Å². The molecule has 0 aliphatic rings. The van der Waals surface area contributed by atoms with Crippen LogP contribution in [0.1, 0.15) is 37.9 Å². The summed E-state index contributed by atoms with van der Waals surface area (Å²) in [6, 6.07) is 8.27. The van der Waals surface area contributed by atoms with Crippen molar-refractivity contribution < 1.29 is 4.79 Å². The molecular formula is C17H29N3O. The molecule has 1 rings (SSSR count). The number of nitrogens with zero attached hydrogens (tertiary/aromatic N) is 1. The van der Waals surface area contributed by atoms with Gasteiger partial charge in [0.15, 0.2) is 0 Å². The third-order valence-electron chi connectivity index (χ3n) is 3.89. The molecule has 1 aromatic carbocycles. The second-order valence-corrected chi connectivity index (χ2v) is 6.09. The van der Waals surface area contributed by atoms with Gasteiger partial charge in [-0.1, -0.05) is 45.0 Å². The molecule has 3 N–H and O–H groups in total. The Morgan fingerprint density at radius 2 is 1.81 bits per heavy atom. The van der Waals surface area contributed by atoms with E-state index in [2.05, 4.69) is 41.4 Å². The van der Waals surface area contributed by atoms with E-state index in [0.717, 1.165) is 6.42 Å². The summed E-state index contributed by atoms with van der Waals surface area (Å²) in [5.74, 6) is 0.0636. The van der Waals surface area contributed by atoms with E-state index in [4.69, 9.17) is 5.73 Å². The molecule has 0 bridgehead atoms. The van der Waals surface area contributed by atoms with Crippen molar-refractivity contribution in [2.75, 3.05) is 20.6 Å². The molecule has 4 heteroatoms. The Kier molecular flexibility index (Phi) is 6.85. The molecule has 0 saturated heterocycles. The lowest BCUT2D eigenvalue weighted by molar-refractivity contribution is -0.123. The van der Waals surface area contributed by atoms with Gasteiger partial charge in [-0.3, -0.25) is 4.79 Å². The van der Waals surface area contributed by atoms with E-state index in [1.54, 1.807) is 0 Å². The molecule has 0 aliphatic carbocycles. The minimum Gasteiger partial charge on any atom is -0.353 e. The number of likely N-dealkylation sites (N-methyl/N-ethyl adjacent to an activating group) is 1. The van der Waals surface area contributed by atoms with Crippen LogP contribution in [-0.4, -0.2) is 37.5 Å². The van der Waals surface area contributed by atoms with Crippen molar-refractivity contribution in [3.05, 3.63) is 35.4 Å². The molecular weight excluding hydrogens is 262 g/mol. The normalized spacial score (nSPS) is 14.3. The van der Waals surface area contributed by atoms with Gasteiger partial charge in [-0.05, 0) is 37.6 Å². The zero-order valence-electron chi connectivity index (χ0n) is 13.9. The van der Waals surface area contributed by atoms with E-state index in [0.29, 0.717) is 6.54 Å². The first-order valence-electron chi connectivity index (χ1n) is 7.65. The highest BCUT2D eigenvalue weighted by Crippen LogP contribution is 2.18. The maximum Gasteiger partial charge on any atom is 0.237 e. The van der Waals surface area contributed by atoms with Gasteiger partial charge in [0, 0.05) is 6.54 Å². The molecule has 4 nitrogen and oxygen atoms in total. The van der Waals surface area contributed by atoms with Crippen molar-refractivity contribution in [3.8, 4) is 0 Å². The first kappa shape index (κ1) is 17.7. The fourth-order valence-corrected chi connectivity index (χ4v) is 2.19. The van der Waals surface area contributed by atoms with E-state index in [9.17, 15) is 4.79 Å². The zero-order valence-corrected chi connectivity index (χ0v) is 13.9. The van der Waals surface area contributed by atoms with E-state index in [1.165, 1.54) is 11.1 Å². The molecule has 118 valence electrons. The van der Waals surface area contributed by atoms with Crippen LogP contribution in [0.5, 0.6) is 0 Å². The molecule has 2 atom stereocenters. The number of benzene rings is 1. The van der Waals surface area contributed by atoms with Gasteiger partial charge in [-0.25, -0.2) is 0 Å². The lowest BCUT2D eigenvalue weighted by Gasteiger charge is -2.26. The summed E-state index contributed by atoms with van der Waals surface area (Å²) in [6.07, 6.45) is 1.03. The van der Waals surface area contributed by atoms with Gasteiger partial charge in [-0.2, -0.15) is 0 Å². The lowest BCUT2D eigenvalue weighted by Crippen LogP contribution is -2.46. The van der Waals surface area contributed by atoms with Crippen molar-refractivity contribution in [1.82, 2.24) is 10.2 Å². The smallest absolute Gasteiger partial charge is 0.237 e. The van der Waals surface area contributed by atoms with E-state index in [1.807, 2.05) is 27.9 Å². The first-order chi connectivity index (χ1) is 9.86. The summed E-state index contributed by atoms with van der Waals surface area (Å²) in [5, 5.41) is 2.97.